The fourth-order valence-electron chi connectivity index (χ4n) is 2.78. The van der Waals surface area contributed by atoms with E-state index in [1.165, 1.54) is 21.8 Å². The molecule has 0 saturated carbocycles. The molecule has 1 saturated heterocycles. The number of likely N-dealkylation sites (tertiary alicyclic amines) is 1. The first kappa shape index (κ1) is 16.9. The van der Waals surface area contributed by atoms with Gasteiger partial charge in [0, 0.05) is 23.3 Å². The van der Waals surface area contributed by atoms with Crippen LogP contribution in [-0.4, -0.2) is 34.8 Å². The highest BCUT2D eigenvalue weighted by Gasteiger charge is 2.25. The van der Waals surface area contributed by atoms with Crippen LogP contribution < -0.4 is 4.80 Å². The standard InChI is InChI=1S/C18H22FN3OS/c1-12(2)14-4-6-16(7-5-14)22-10-13(3)24-18(22)20-17(23)21-9-8-15(19)11-21/h4-7,10,12,15H,8-9,11H2,1-3H3/t15-/m1/s1. The van der Waals surface area contributed by atoms with Crippen LogP contribution in [0.4, 0.5) is 9.18 Å². The number of aryl methyl sites for hydroxylation is 1. The van der Waals surface area contributed by atoms with Crippen LogP contribution >= 0.6 is 11.3 Å². The first-order valence-corrected chi connectivity index (χ1v) is 9.03. The topological polar surface area (TPSA) is 37.6 Å². The number of aromatic nitrogens is 1. The summed E-state index contributed by atoms with van der Waals surface area (Å²) in [4.78, 5) is 19.7. The van der Waals surface area contributed by atoms with Crippen molar-refractivity contribution >= 4 is 17.4 Å². The van der Waals surface area contributed by atoms with Gasteiger partial charge in [0.25, 0.3) is 0 Å². The quantitative estimate of drug-likeness (QED) is 0.808. The van der Waals surface area contributed by atoms with Gasteiger partial charge < -0.3 is 4.90 Å². The third-order valence-corrected chi connectivity index (χ3v) is 5.10. The summed E-state index contributed by atoms with van der Waals surface area (Å²) in [7, 11) is 0. The molecule has 0 unspecified atom stereocenters. The van der Waals surface area contributed by atoms with Gasteiger partial charge in [-0.15, -0.1) is 11.3 Å². The first-order chi connectivity index (χ1) is 11.4. The lowest BCUT2D eigenvalue weighted by atomic mass is 10.0. The molecule has 0 aliphatic carbocycles. The third kappa shape index (κ3) is 3.59. The Morgan fingerprint density at radius 1 is 1.33 bits per heavy atom. The zero-order chi connectivity index (χ0) is 17.3. The van der Waals surface area contributed by atoms with Crippen LogP contribution in [0, 0.1) is 6.92 Å². The highest BCUT2D eigenvalue weighted by Crippen LogP contribution is 2.18. The number of hydrogen-bond acceptors (Lipinski definition) is 2. The molecule has 1 aliphatic heterocycles. The highest BCUT2D eigenvalue weighted by atomic mass is 32.1. The van der Waals surface area contributed by atoms with Gasteiger partial charge in [0.05, 0.1) is 6.54 Å². The number of carbonyl (C=O) groups is 1. The van der Waals surface area contributed by atoms with Gasteiger partial charge >= 0.3 is 6.03 Å². The summed E-state index contributed by atoms with van der Waals surface area (Å²) in [5.41, 5.74) is 2.24. The summed E-state index contributed by atoms with van der Waals surface area (Å²) >= 11 is 1.46. The molecule has 0 spiro atoms. The molecule has 2 aromatic rings. The maximum Gasteiger partial charge on any atom is 0.346 e. The van der Waals surface area contributed by atoms with Crippen molar-refractivity contribution in [2.24, 2.45) is 4.99 Å². The minimum atomic E-state index is -0.926. The Balaban J connectivity index is 1.92. The molecular weight excluding hydrogens is 325 g/mol. The number of rotatable bonds is 2. The summed E-state index contributed by atoms with van der Waals surface area (Å²) in [5.74, 6) is 0.475. The van der Waals surface area contributed by atoms with Crippen molar-refractivity contribution in [2.45, 2.75) is 39.3 Å². The lowest BCUT2D eigenvalue weighted by Gasteiger charge is -2.11. The van der Waals surface area contributed by atoms with E-state index in [4.69, 9.17) is 0 Å². The molecular formula is C18H22FN3OS. The average Bonchev–Trinajstić information content (AvgIpc) is 3.13. The minimum absolute atomic E-state index is 0.149. The Hall–Kier alpha value is -1.95. The largest absolute Gasteiger partial charge is 0.346 e. The van der Waals surface area contributed by atoms with Crippen LogP contribution in [0.3, 0.4) is 0 Å². The van der Waals surface area contributed by atoms with Gasteiger partial charge in [-0.05, 0) is 37.0 Å². The normalized spacial score (nSPS) is 18.6. The summed E-state index contributed by atoms with van der Waals surface area (Å²) in [6.07, 6.45) is 1.45. The lowest BCUT2D eigenvalue weighted by Crippen LogP contribution is -2.28. The van der Waals surface area contributed by atoms with Gasteiger partial charge in [0.15, 0.2) is 4.80 Å². The van der Waals surface area contributed by atoms with Gasteiger partial charge in [0.1, 0.15) is 6.17 Å². The number of carbonyl (C=O) groups excluding carboxylic acids is 1. The van der Waals surface area contributed by atoms with E-state index in [0.717, 1.165) is 10.6 Å². The molecule has 0 bridgehead atoms. The number of benzene rings is 1. The van der Waals surface area contributed by atoms with E-state index >= 15 is 0 Å². The third-order valence-electron chi connectivity index (χ3n) is 4.20. The lowest BCUT2D eigenvalue weighted by molar-refractivity contribution is 0.213. The summed E-state index contributed by atoms with van der Waals surface area (Å²) in [5, 5.41) is 0. The van der Waals surface area contributed by atoms with Crippen molar-refractivity contribution < 1.29 is 9.18 Å². The van der Waals surface area contributed by atoms with Crippen molar-refractivity contribution in [3.05, 3.63) is 45.7 Å². The molecule has 2 heterocycles. The van der Waals surface area contributed by atoms with Crippen LogP contribution in [0.15, 0.2) is 35.5 Å². The second-order valence-corrected chi connectivity index (χ2v) is 7.68. The molecule has 3 rings (SSSR count). The predicted octanol–water partition coefficient (Wildman–Crippen LogP) is 4.04. The summed E-state index contributed by atoms with van der Waals surface area (Å²) < 4.78 is 15.2. The molecule has 2 amide bonds. The SMILES string of the molecule is Cc1cn(-c2ccc(C(C)C)cc2)c(=NC(=O)N2CC[C@@H](F)C2)s1. The summed E-state index contributed by atoms with van der Waals surface area (Å²) in [6.45, 7) is 6.89. The first-order valence-electron chi connectivity index (χ1n) is 8.21. The van der Waals surface area contributed by atoms with Gasteiger partial charge in [-0.2, -0.15) is 4.99 Å². The monoisotopic (exact) mass is 347 g/mol. The average molecular weight is 347 g/mol. The van der Waals surface area contributed by atoms with Crippen molar-refractivity contribution in [1.29, 1.82) is 0 Å². The second-order valence-electron chi connectivity index (χ2n) is 6.47. The highest BCUT2D eigenvalue weighted by molar-refractivity contribution is 7.09. The maximum atomic E-state index is 13.3. The molecule has 1 aliphatic rings. The number of nitrogens with zero attached hydrogens (tertiary/aromatic N) is 3. The van der Waals surface area contributed by atoms with Crippen molar-refractivity contribution in [2.75, 3.05) is 13.1 Å². The van der Waals surface area contributed by atoms with Gasteiger partial charge in [-0.25, -0.2) is 9.18 Å². The molecule has 4 nitrogen and oxygen atoms in total. The fourth-order valence-corrected chi connectivity index (χ4v) is 3.61. The van der Waals surface area contributed by atoms with Crippen molar-refractivity contribution in [3.63, 3.8) is 0 Å². The number of urea groups is 1. The number of thiazole rings is 1. The van der Waals surface area contributed by atoms with E-state index in [9.17, 15) is 9.18 Å². The molecule has 1 fully saturated rings. The molecule has 1 aromatic heterocycles. The molecule has 0 N–H and O–H groups in total. The number of halogens is 1. The van der Waals surface area contributed by atoms with Gasteiger partial charge in [-0.1, -0.05) is 26.0 Å². The smallest absolute Gasteiger partial charge is 0.320 e. The molecule has 1 aromatic carbocycles. The predicted molar refractivity (Wildman–Crippen MR) is 94.5 cm³/mol. The molecule has 0 radical (unpaired) electrons. The fraction of sp³-hybridized carbons (Fsp3) is 0.444. The van der Waals surface area contributed by atoms with Crippen LogP contribution in [0.5, 0.6) is 0 Å². The van der Waals surface area contributed by atoms with E-state index in [-0.39, 0.29) is 12.6 Å². The van der Waals surface area contributed by atoms with Gasteiger partial charge in [0.2, 0.25) is 0 Å². The Kier molecular flexibility index (Phi) is 4.85. The second kappa shape index (κ2) is 6.89. The van der Waals surface area contributed by atoms with E-state index in [2.05, 4.69) is 31.0 Å². The molecule has 24 heavy (non-hydrogen) atoms. The Labute approximate surface area is 145 Å². The Morgan fingerprint density at radius 3 is 2.62 bits per heavy atom. The van der Waals surface area contributed by atoms with Crippen LogP contribution in [0.2, 0.25) is 0 Å². The van der Waals surface area contributed by atoms with Crippen molar-refractivity contribution in [3.8, 4) is 5.69 Å². The van der Waals surface area contributed by atoms with E-state index in [1.54, 1.807) is 0 Å². The van der Waals surface area contributed by atoms with Crippen molar-refractivity contribution in [1.82, 2.24) is 9.47 Å². The zero-order valence-corrected chi connectivity index (χ0v) is 15.0. The minimum Gasteiger partial charge on any atom is -0.320 e. The van der Waals surface area contributed by atoms with E-state index < -0.39 is 6.17 Å². The number of hydrogen-bond donors (Lipinski definition) is 0. The Morgan fingerprint density at radius 2 is 2.04 bits per heavy atom. The summed E-state index contributed by atoms with van der Waals surface area (Å²) in [6, 6.07) is 7.92. The van der Waals surface area contributed by atoms with E-state index in [0.29, 0.717) is 23.7 Å². The van der Waals surface area contributed by atoms with Gasteiger partial charge in [-0.3, -0.25) is 4.57 Å². The van der Waals surface area contributed by atoms with Crippen LogP contribution in [0.25, 0.3) is 5.69 Å². The zero-order valence-electron chi connectivity index (χ0n) is 14.2. The molecule has 128 valence electrons. The van der Waals surface area contributed by atoms with Crippen LogP contribution in [0.1, 0.15) is 36.6 Å². The maximum absolute atomic E-state index is 13.3. The number of alkyl halides is 1. The van der Waals surface area contributed by atoms with E-state index in [1.807, 2.05) is 29.8 Å². The molecule has 6 heteroatoms. The van der Waals surface area contributed by atoms with Crippen LogP contribution in [-0.2, 0) is 0 Å². The number of amides is 2. The Bertz CT molecular complexity index is 791. The molecule has 1 atom stereocenters.